The monoisotopic (exact) mass is 575 g/mol. The molecule has 1 atom stereocenters. The molecule has 3 aromatic carbocycles. The summed E-state index contributed by atoms with van der Waals surface area (Å²) in [4.78, 5) is 28.3. The third-order valence-corrected chi connectivity index (χ3v) is 8.39. The molecule has 202 valence electrons. The number of carbonyl (C=O) groups is 2. The number of nitrogens with zero attached hydrogens (tertiary/aromatic N) is 2. The van der Waals surface area contributed by atoms with E-state index in [0.717, 1.165) is 15.4 Å². The molecule has 38 heavy (non-hydrogen) atoms. The van der Waals surface area contributed by atoms with Gasteiger partial charge in [-0.1, -0.05) is 60.5 Å². The molecule has 0 spiro atoms. The number of rotatable bonds is 11. The van der Waals surface area contributed by atoms with Gasteiger partial charge in [0.05, 0.1) is 10.6 Å². The van der Waals surface area contributed by atoms with Crippen LogP contribution >= 0.6 is 23.2 Å². The topological polar surface area (TPSA) is 86.8 Å². The molecule has 0 saturated heterocycles. The van der Waals surface area contributed by atoms with Crippen molar-refractivity contribution in [2.45, 2.75) is 44.7 Å². The van der Waals surface area contributed by atoms with Crippen LogP contribution in [0.4, 0.5) is 5.69 Å². The average molecular weight is 577 g/mol. The van der Waals surface area contributed by atoms with E-state index in [2.05, 4.69) is 5.32 Å². The highest BCUT2D eigenvalue weighted by atomic mass is 35.5. The van der Waals surface area contributed by atoms with Crippen LogP contribution in [0.15, 0.2) is 77.7 Å². The van der Waals surface area contributed by atoms with E-state index in [0.29, 0.717) is 23.0 Å². The number of likely N-dealkylation sites (N-methyl/N-ethyl adjacent to an activating group) is 1. The van der Waals surface area contributed by atoms with Crippen LogP contribution in [0.5, 0.6) is 0 Å². The summed E-state index contributed by atoms with van der Waals surface area (Å²) in [5, 5.41) is 3.49. The van der Waals surface area contributed by atoms with Crippen LogP contribution in [0.2, 0.25) is 10.0 Å². The highest BCUT2D eigenvalue weighted by Crippen LogP contribution is 2.28. The third-order valence-electron chi connectivity index (χ3n) is 6.12. The average Bonchev–Trinajstić information content (AvgIpc) is 2.88. The standard InChI is InChI=1S/C28H31Cl2N3O4S/c1-4-26(28(35)31-5-2)32(18-21-10-7-6-9-20(21)3)27(34)19-33(24-12-8-11-23(30)17-24)38(36,37)25-15-13-22(29)14-16-25/h6-17,26H,4-5,18-19H2,1-3H3,(H,31,35)/t26-/m0/s1. The minimum absolute atomic E-state index is 0.0316. The summed E-state index contributed by atoms with van der Waals surface area (Å²) in [6.07, 6.45) is 0.352. The molecule has 0 aromatic heterocycles. The summed E-state index contributed by atoms with van der Waals surface area (Å²) < 4.78 is 28.6. The first kappa shape index (κ1) is 29.5. The van der Waals surface area contributed by atoms with Crippen LogP contribution in [0.1, 0.15) is 31.4 Å². The molecule has 2 amide bonds. The van der Waals surface area contributed by atoms with E-state index in [4.69, 9.17) is 23.2 Å². The Bertz CT molecular complexity index is 1380. The van der Waals surface area contributed by atoms with Crippen LogP contribution in [0.25, 0.3) is 0 Å². The molecule has 0 aliphatic carbocycles. The second kappa shape index (κ2) is 13.1. The molecule has 3 rings (SSSR count). The van der Waals surface area contributed by atoms with Crippen molar-refractivity contribution < 1.29 is 18.0 Å². The van der Waals surface area contributed by atoms with E-state index >= 15 is 0 Å². The van der Waals surface area contributed by atoms with Crippen molar-refractivity contribution in [2.24, 2.45) is 0 Å². The quantitative estimate of drug-likeness (QED) is 0.330. The number of anilines is 1. The van der Waals surface area contributed by atoms with Crippen molar-refractivity contribution in [3.05, 3.63) is 94.0 Å². The van der Waals surface area contributed by atoms with Gasteiger partial charge >= 0.3 is 0 Å². The van der Waals surface area contributed by atoms with Crippen LogP contribution < -0.4 is 9.62 Å². The van der Waals surface area contributed by atoms with Gasteiger partial charge in [-0.05, 0) is 73.9 Å². The van der Waals surface area contributed by atoms with Crippen LogP contribution in [0, 0.1) is 6.92 Å². The Morgan fingerprint density at radius 1 is 0.921 bits per heavy atom. The number of amides is 2. The second-order valence-corrected chi connectivity index (χ2v) is 11.4. The summed E-state index contributed by atoms with van der Waals surface area (Å²) in [5.41, 5.74) is 2.04. The minimum atomic E-state index is -4.19. The molecule has 1 N–H and O–H groups in total. The Morgan fingerprint density at radius 2 is 1.61 bits per heavy atom. The lowest BCUT2D eigenvalue weighted by molar-refractivity contribution is -0.140. The number of aryl methyl sites for hydroxylation is 1. The predicted molar refractivity (Wildman–Crippen MR) is 152 cm³/mol. The second-order valence-electron chi connectivity index (χ2n) is 8.71. The van der Waals surface area contributed by atoms with Crippen molar-refractivity contribution in [2.75, 3.05) is 17.4 Å². The summed E-state index contributed by atoms with van der Waals surface area (Å²) in [5.74, 6) is -0.823. The maximum atomic E-state index is 14.0. The van der Waals surface area contributed by atoms with Gasteiger partial charge in [0.2, 0.25) is 11.8 Å². The normalized spacial score (nSPS) is 12.0. The van der Waals surface area contributed by atoms with Gasteiger partial charge in [-0.15, -0.1) is 0 Å². The van der Waals surface area contributed by atoms with Gasteiger partial charge in [0.15, 0.2) is 0 Å². The lowest BCUT2D eigenvalue weighted by Gasteiger charge is -2.33. The van der Waals surface area contributed by atoms with Crippen LogP contribution in [-0.4, -0.2) is 44.3 Å². The Kier molecular flexibility index (Phi) is 10.2. The number of carbonyl (C=O) groups excluding carboxylic acids is 2. The van der Waals surface area contributed by atoms with Gasteiger partial charge in [-0.25, -0.2) is 8.42 Å². The molecule has 0 fully saturated rings. The Labute approximate surface area is 234 Å². The van der Waals surface area contributed by atoms with E-state index in [9.17, 15) is 18.0 Å². The number of hydrogen-bond donors (Lipinski definition) is 1. The van der Waals surface area contributed by atoms with Gasteiger partial charge in [0.25, 0.3) is 10.0 Å². The first-order chi connectivity index (χ1) is 18.1. The number of sulfonamides is 1. The first-order valence-electron chi connectivity index (χ1n) is 12.2. The molecule has 0 heterocycles. The molecule has 3 aromatic rings. The lowest BCUT2D eigenvalue weighted by Crippen LogP contribution is -2.52. The van der Waals surface area contributed by atoms with Crippen molar-refractivity contribution >= 4 is 50.7 Å². The molecule has 0 radical (unpaired) electrons. The molecule has 0 aliphatic rings. The van der Waals surface area contributed by atoms with E-state index in [1.54, 1.807) is 25.1 Å². The number of hydrogen-bond acceptors (Lipinski definition) is 4. The summed E-state index contributed by atoms with van der Waals surface area (Å²) in [7, 11) is -4.19. The summed E-state index contributed by atoms with van der Waals surface area (Å²) >= 11 is 12.2. The molecule has 0 aliphatic heterocycles. The van der Waals surface area contributed by atoms with Gasteiger partial charge in [-0.3, -0.25) is 13.9 Å². The molecular formula is C28H31Cl2N3O4S. The van der Waals surface area contributed by atoms with E-state index in [1.165, 1.54) is 35.2 Å². The predicted octanol–water partition coefficient (Wildman–Crippen LogP) is 5.44. The van der Waals surface area contributed by atoms with E-state index in [1.807, 2.05) is 38.1 Å². The van der Waals surface area contributed by atoms with Crippen molar-refractivity contribution in [1.29, 1.82) is 0 Å². The zero-order valence-corrected chi connectivity index (χ0v) is 23.9. The van der Waals surface area contributed by atoms with E-state index in [-0.39, 0.29) is 23.0 Å². The smallest absolute Gasteiger partial charge is 0.264 e. The number of benzene rings is 3. The van der Waals surface area contributed by atoms with Crippen LogP contribution in [-0.2, 0) is 26.2 Å². The minimum Gasteiger partial charge on any atom is -0.355 e. The fourth-order valence-corrected chi connectivity index (χ4v) is 5.79. The highest BCUT2D eigenvalue weighted by Gasteiger charge is 2.33. The summed E-state index contributed by atoms with van der Waals surface area (Å²) in [6.45, 7) is 5.56. The molecule has 7 nitrogen and oxygen atoms in total. The zero-order valence-electron chi connectivity index (χ0n) is 21.5. The van der Waals surface area contributed by atoms with Crippen LogP contribution in [0.3, 0.4) is 0 Å². The third kappa shape index (κ3) is 7.07. The van der Waals surface area contributed by atoms with Gasteiger partial charge in [0.1, 0.15) is 12.6 Å². The number of halogens is 2. The SMILES string of the molecule is CCNC(=O)[C@H](CC)N(Cc1ccccc1C)C(=O)CN(c1cccc(Cl)c1)S(=O)(=O)c1ccc(Cl)cc1. The summed E-state index contributed by atoms with van der Waals surface area (Å²) in [6, 6.07) is 18.8. The Balaban J connectivity index is 2.07. The molecule has 0 saturated carbocycles. The Morgan fingerprint density at radius 3 is 2.21 bits per heavy atom. The fraction of sp³-hybridized carbons (Fsp3) is 0.286. The fourth-order valence-electron chi connectivity index (χ4n) is 4.08. The molecule has 10 heteroatoms. The number of nitrogens with one attached hydrogen (secondary N) is 1. The van der Waals surface area contributed by atoms with Crippen molar-refractivity contribution in [3.63, 3.8) is 0 Å². The van der Waals surface area contributed by atoms with Crippen molar-refractivity contribution in [1.82, 2.24) is 10.2 Å². The van der Waals surface area contributed by atoms with Gasteiger partial charge in [0, 0.05) is 23.1 Å². The van der Waals surface area contributed by atoms with Gasteiger partial charge < -0.3 is 10.2 Å². The molecule has 0 bridgehead atoms. The highest BCUT2D eigenvalue weighted by molar-refractivity contribution is 7.92. The lowest BCUT2D eigenvalue weighted by atomic mass is 10.1. The first-order valence-corrected chi connectivity index (χ1v) is 14.4. The largest absolute Gasteiger partial charge is 0.355 e. The van der Waals surface area contributed by atoms with Crippen molar-refractivity contribution in [3.8, 4) is 0 Å². The maximum absolute atomic E-state index is 14.0. The van der Waals surface area contributed by atoms with Gasteiger partial charge in [-0.2, -0.15) is 0 Å². The molecular weight excluding hydrogens is 545 g/mol. The Hall–Kier alpha value is -3.07. The van der Waals surface area contributed by atoms with E-state index < -0.39 is 28.5 Å². The zero-order chi connectivity index (χ0) is 27.9. The molecule has 0 unspecified atom stereocenters. The maximum Gasteiger partial charge on any atom is 0.264 e.